The van der Waals surface area contributed by atoms with Crippen molar-refractivity contribution in [3.63, 3.8) is 0 Å². The summed E-state index contributed by atoms with van der Waals surface area (Å²) >= 11 is 1.68. The van der Waals surface area contributed by atoms with Gasteiger partial charge in [0.2, 0.25) is 5.91 Å². The molecule has 180 valence electrons. The molecule has 1 saturated heterocycles. The number of carbonyl (C=O) groups is 2. The fraction of sp³-hybridized carbons (Fsp3) is 0.652. The van der Waals surface area contributed by atoms with Crippen LogP contribution < -0.4 is 14.8 Å². The molecule has 3 rings (SSSR count). The van der Waals surface area contributed by atoms with Crippen molar-refractivity contribution in [3.8, 4) is 5.75 Å². The van der Waals surface area contributed by atoms with E-state index in [2.05, 4.69) is 17.0 Å². The van der Waals surface area contributed by atoms with E-state index in [1.165, 1.54) is 18.9 Å². The van der Waals surface area contributed by atoms with E-state index in [0.717, 1.165) is 44.2 Å². The summed E-state index contributed by atoms with van der Waals surface area (Å²) in [6.07, 6.45) is 5.62. The second-order valence-corrected chi connectivity index (χ2v) is 9.03. The molecule has 32 heavy (non-hydrogen) atoms. The third-order valence-electron chi connectivity index (χ3n) is 5.59. The Morgan fingerprint density at radius 3 is 2.78 bits per heavy atom. The first-order valence-corrected chi connectivity index (χ1v) is 12.4. The standard InChI is InChI=1S/C22H32FN3O3S.CH4O/c1-2-17(18-7-8-19(23)20(13-18)29-15-16-5-6-16)14-24-30-12-4-3-10-26-11-9-21(27)25-22(26)28;1-2/h7-8,13,16-17,24H,2-6,9-12,14-15H2,1H3,(H,25,27,28);2H,1H3/t17-;/m0./s1. The minimum Gasteiger partial charge on any atom is -0.490 e. The molecule has 1 aromatic carbocycles. The van der Waals surface area contributed by atoms with Crippen LogP contribution in [-0.2, 0) is 4.79 Å². The molecule has 0 radical (unpaired) electrons. The third kappa shape index (κ3) is 8.96. The highest BCUT2D eigenvalue weighted by Crippen LogP contribution is 2.31. The van der Waals surface area contributed by atoms with Crippen molar-refractivity contribution in [2.24, 2.45) is 5.92 Å². The van der Waals surface area contributed by atoms with Crippen molar-refractivity contribution >= 4 is 23.9 Å². The number of carbonyl (C=O) groups excluding carboxylic acids is 2. The van der Waals surface area contributed by atoms with Crippen molar-refractivity contribution in [3.05, 3.63) is 29.6 Å². The lowest BCUT2D eigenvalue weighted by atomic mass is 9.96. The Morgan fingerprint density at radius 2 is 2.09 bits per heavy atom. The summed E-state index contributed by atoms with van der Waals surface area (Å²) in [4.78, 5) is 24.5. The van der Waals surface area contributed by atoms with Gasteiger partial charge in [0.1, 0.15) is 0 Å². The Labute approximate surface area is 194 Å². The van der Waals surface area contributed by atoms with Gasteiger partial charge in [0.15, 0.2) is 11.6 Å². The number of aliphatic hydroxyl groups excluding tert-OH is 1. The van der Waals surface area contributed by atoms with Crippen LogP contribution in [0, 0.1) is 11.7 Å². The molecule has 7 nitrogen and oxygen atoms in total. The molecule has 1 saturated carbocycles. The Balaban J connectivity index is 0.00000176. The zero-order valence-corrected chi connectivity index (χ0v) is 19.9. The Hall–Kier alpha value is -1.84. The molecule has 1 aliphatic carbocycles. The number of ether oxygens (including phenoxy) is 1. The highest BCUT2D eigenvalue weighted by molar-refractivity contribution is 7.97. The lowest BCUT2D eigenvalue weighted by Gasteiger charge is -2.26. The molecule has 0 aromatic heterocycles. The fourth-order valence-corrected chi connectivity index (χ4v) is 4.21. The second kappa shape index (κ2) is 14.3. The molecule has 0 spiro atoms. The molecule has 9 heteroatoms. The van der Waals surface area contributed by atoms with Crippen LogP contribution >= 0.6 is 11.9 Å². The van der Waals surface area contributed by atoms with Gasteiger partial charge < -0.3 is 14.7 Å². The second-order valence-electron chi connectivity index (χ2n) is 8.04. The van der Waals surface area contributed by atoms with Crippen molar-refractivity contribution in [2.75, 3.05) is 39.1 Å². The van der Waals surface area contributed by atoms with Gasteiger partial charge in [0.25, 0.3) is 0 Å². The Kier molecular flexibility index (Phi) is 11.8. The number of hydrogen-bond acceptors (Lipinski definition) is 6. The number of halogens is 1. The van der Waals surface area contributed by atoms with Crippen LogP contribution in [-0.4, -0.2) is 61.0 Å². The predicted molar refractivity (Wildman–Crippen MR) is 125 cm³/mol. The average Bonchev–Trinajstić information content (AvgIpc) is 3.62. The lowest BCUT2D eigenvalue weighted by Crippen LogP contribution is -2.49. The van der Waals surface area contributed by atoms with Gasteiger partial charge in [0, 0.05) is 38.9 Å². The summed E-state index contributed by atoms with van der Waals surface area (Å²) in [5.74, 6) is 1.74. The number of aliphatic hydroxyl groups is 1. The van der Waals surface area contributed by atoms with Crippen LogP contribution in [0.4, 0.5) is 9.18 Å². The van der Waals surface area contributed by atoms with E-state index in [1.807, 2.05) is 12.1 Å². The minimum absolute atomic E-state index is 0.191. The van der Waals surface area contributed by atoms with Crippen LogP contribution in [0.1, 0.15) is 56.9 Å². The van der Waals surface area contributed by atoms with Gasteiger partial charge in [0.05, 0.1) is 6.61 Å². The van der Waals surface area contributed by atoms with Gasteiger partial charge in [-0.3, -0.25) is 14.8 Å². The summed E-state index contributed by atoms with van der Waals surface area (Å²) in [6.45, 7) is 4.75. The smallest absolute Gasteiger partial charge is 0.324 e. The number of unbranched alkanes of at least 4 members (excludes halogenated alkanes) is 1. The van der Waals surface area contributed by atoms with E-state index >= 15 is 0 Å². The molecule has 1 aromatic rings. The average molecular weight is 470 g/mol. The first kappa shape index (κ1) is 26.4. The molecule has 0 unspecified atom stereocenters. The number of rotatable bonds is 13. The van der Waals surface area contributed by atoms with Crippen molar-refractivity contribution in [2.45, 2.75) is 51.4 Å². The first-order chi connectivity index (χ1) is 15.6. The Bertz CT molecular complexity index is 733. The first-order valence-electron chi connectivity index (χ1n) is 11.4. The highest BCUT2D eigenvalue weighted by atomic mass is 32.2. The molecule has 1 heterocycles. The van der Waals surface area contributed by atoms with Gasteiger partial charge in [-0.25, -0.2) is 9.18 Å². The number of nitrogens with one attached hydrogen (secondary N) is 2. The van der Waals surface area contributed by atoms with Crippen LogP contribution in [0.25, 0.3) is 0 Å². The molecule has 0 bridgehead atoms. The maximum atomic E-state index is 14.0. The normalized spacial score (nSPS) is 16.8. The monoisotopic (exact) mass is 469 g/mol. The zero-order chi connectivity index (χ0) is 23.3. The van der Waals surface area contributed by atoms with Crippen LogP contribution in [0.3, 0.4) is 0 Å². The predicted octanol–water partition coefficient (Wildman–Crippen LogP) is 3.68. The number of imide groups is 1. The van der Waals surface area contributed by atoms with Gasteiger partial charge in [-0.15, -0.1) is 0 Å². The van der Waals surface area contributed by atoms with Crippen LogP contribution in [0.5, 0.6) is 5.75 Å². The fourth-order valence-electron chi connectivity index (χ4n) is 3.40. The molecule has 3 amide bonds. The summed E-state index contributed by atoms with van der Waals surface area (Å²) < 4.78 is 23.1. The van der Waals surface area contributed by atoms with Crippen LogP contribution in [0.15, 0.2) is 18.2 Å². The maximum absolute atomic E-state index is 14.0. The van der Waals surface area contributed by atoms with Crippen molar-refractivity contribution in [1.29, 1.82) is 0 Å². The minimum atomic E-state index is -0.289. The summed E-state index contributed by atoms with van der Waals surface area (Å²) in [6, 6.07) is 4.95. The van der Waals surface area contributed by atoms with Gasteiger partial charge in [-0.1, -0.05) is 24.9 Å². The topological polar surface area (TPSA) is 90.9 Å². The van der Waals surface area contributed by atoms with E-state index in [9.17, 15) is 14.0 Å². The Morgan fingerprint density at radius 1 is 1.31 bits per heavy atom. The maximum Gasteiger partial charge on any atom is 0.324 e. The number of benzene rings is 1. The summed E-state index contributed by atoms with van der Waals surface area (Å²) in [5.41, 5.74) is 1.10. The number of nitrogens with zero attached hydrogens (tertiary/aromatic N) is 1. The van der Waals surface area contributed by atoms with E-state index in [0.29, 0.717) is 43.7 Å². The lowest BCUT2D eigenvalue weighted by molar-refractivity contribution is -0.121. The third-order valence-corrected chi connectivity index (χ3v) is 6.45. The molecule has 3 N–H and O–H groups in total. The molecule has 1 atom stereocenters. The van der Waals surface area contributed by atoms with Crippen LogP contribution in [0.2, 0.25) is 0 Å². The molecule has 2 fully saturated rings. The molecule has 2 aliphatic rings. The van der Waals surface area contributed by atoms with E-state index in [1.54, 1.807) is 16.8 Å². The molecular formula is C23H36FN3O4S. The quantitative estimate of drug-likeness (QED) is 0.302. The number of urea groups is 1. The van der Waals surface area contributed by atoms with Crippen molar-refractivity contribution < 1.29 is 23.8 Å². The summed E-state index contributed by atoms with van der Waals surface area (Å²) in [7, 11) is 1.00. The summed E-state index contributed by atoms with van der Waals surface area (Å²) in [5, 5.41) is 9.35. The zero-order valence-electron chi connectivity index (χ0n) is 19.1. The molecule has 1 aliphatic heterocycles. The van der Waals surface area contributed by atoms with Gasteiger partial charge >= 0.3 is 6.03 Å². The van der Waals surface area contributed by atoms with E-state index in [-0.39, 0.29) is 17.8 Å². The molecular weight excluding hydrogens is 433 g/mol. The number of hydrogen-bond donors (Lipinski definition) is 3. The van der Waals surface area contributed by atoms with E-state index < -0.39 is 0 Å². The largest absolute Gasteiger partial charge is 0.490 e. The highest BCUT2D eigenvalue weighted by Gasteiger charge is 2.23. The number of amides is 3. The van der Waals surface area contributed by atoms with Gasteiger partial charge in [-0.05, 0) is 61.6 Å². The van der Waals surface area contributed by atoms with Crippen molar-refractivity contribution in [1.82, 2.24) is 14.9 Å². The SMILES string of the molecule is CC[C@@H](CNSCCCCN1CCC(=O)NC1=O)c1ccc(F)c(OCC2CC2)c1.CO. The van der Waals surface area contributed by atoms with Gasteiger partial charge in [-0.2, -0.15) is 0 Å². The van der Waals surface area contributed by atoms with E-state index in [4.69, 9.17) is 9.84 Å².